The second-order valence-electron chi connectivity index (χ2n) is 7.42. The number of nitrogens with zero attached hydrogens (tertiary/aromatic N) is 2. The Morgan fingerprint density at radius 2 is 1.81 bits per heavy atom. The Morgan fingerprint density at radius 3 is 2.48 bits per heavy atom. The van der Waals surface area contributed by atoms with Gasteiger partial charge in [-0.25, -0.2) is 13.1 Å². The minimum atomic E-state index is -3.45. The van der Waals surface area contributed by atoms with Crippen LogP contribution in [0.5, 0.6) is 0 Å². The van der Waals surface area contributed by atoms with E-state index in [1.807, 2.05) is 0 Å². The Bertz CT molecular complexity index is 718. The molecule has 2 N–H and O–H groups in total. The molecule has 1 saturated heterocycles. The Labute approximate surface area is 180 Å². The van der Waals surface area contributed by atoms with Crippen LogP contribution in [0, 0.1) is 5.41 Å². The van der Waals surface area contributed by atoms with Crippen LogP contribution in [-0.2, 0) is 10.0 Å². The molecular formula is C19H31IN4O2S. The quantitative estimate of drug-likeness (QED) is 0.279. The van der Waals surface area contributed by atoms with Crippen LogP contribution in [0.15, 0.2) is 40.2 Å². The molecule has 1 aliphatic carbocycles. The number of hydrogen-bond donors (Lipinski definition) is 2. The molecule has 8 heteroatoms. The smallest absolute Gasteiger partial charge is 0.240 e. The number of halogens is 1. The van der Waals surface area contributed by atoms with E-state index in [-0.39, 0.29) is 24.0 Å². The zero-order valence-corrected chi connectivity index (χ0v) is 19.1. The molecule has 1 spiro atoms. The molecule has 0 amide bonds. The Hall–Kier alpha value is -0.870. The van der Waals surface area contributed by atoms with Gasteiger partial charge >= 0.3 is 0 Å². The molecule has 0 atom stereocenters. The summed E-state index contributed by atoms with van der Waals surface area (Å²) in [5.74, 6) is 0.881. The predicted octanol–water partition coefficient (Wildman–Crippen LogP) is 2.81. The van der Waals surface area contributed by atoms with E-state index >= 15 is 0 Å². The zero-order chi connectivity index (χ0) is 18.5. The van der Waals surface area contributed by atoms with E-state index in [2.05, 4.69) is 19.9 Å². The second kappa shape index (κ2) is 10.1. The Morgan fingerprint density at radius 1 is 1.11 bits per heavy atom. The highest BCUT2D eigenvalue weighted by molar-refractivity contribution is 14.0. The number of aliphatic imine (C=N–C) groups is 1. The fourth-order valence-electron chi connectivity index (χ4n) is 4.20. The maximum atomic E-state index is 12.2. The number of sulfonamides is 1. The van der Waals surface area contributed by atoms with Gasteiger partial charge in [-0.1, -0.05) is 37.5 Å². The summed E-state index contributed by atoms with van der Waals surface area (Å²) in [5, 5.41) is 3.31. The molecule has 2 fully saturated rings. The van der Waals surface area contributed by atoms with E-state index in [0.29, 0.717) is 23.4 Å². The number of guanidine groups is 1. The van der Waals surface area contributed by atoms with Gasteiger partial charge in [0.1, 0.15) is 0 Å². The van der Waals surface area contributed by atoms with Crippen LogP contribution in [0.1, 0.15) is 38.5 Å². The molecular weight excluding hydrogens is 475 g/mol. The van der Waals surface area contributed by atoms with Crippen molar-refractivity contribution in [2.75, 3.05) is 33.2 Å². The molecule has 3 rings (SSSR count). The summed E-state index contributed by atoms with van der Waals surface area (Å²) in [4.78, 5) is 7.02. The predicted molar refractivity (Wildman–Crippen MR) is 120 cm³/mol. The molecule has 1 aromatic carbocycles. The van der Waals surface area contributed by atoms with E-state index in [0.717, 1.165) is 19.0 Å². The SMILES string of the molecule is CN=C(NCCNS(=O)(=O)c1ccccc1)N1CCC2(CCCCC2)C1.I. The van der Waals surface area contributed by atoms with Gasteiger partial charge in [0.25, 0.3) is 0 Å². The van der Waals surface area contributed by atoms with Gasteiger partial charge < -0.3 is 10.2 Å². The van der Waals surface area contributed by atoms with Crippen LogP contribution in [0.25, 0.3) is 0 Å². The van der Waals surface area contributed by atoms with Crippen LogP contribution in [0.4, 0.5) is 0 Å². The van der Waals surface area contributed by atoms with E-state index < -0.39 is 10.0 Å². The summed E-state index contributed by atoms with van der Waals surface area (Å²) in [6.45, 7) is 2.95. The lowest BCUT2D eigenvalue weighted by Crippen LogP contribution is -2.44. The highest BCUT2D eigenvalue weighted by Crippen LogP contribution is 2.43. The standard InChI is InChI=1S/C19H30N4O2S.HI/c1-20-18(23-15-12-19(16-23)10-6-3-7-11-19)21-13-14-22-26(24,25)17-8-4-2-5-9-17;/h2,4-5,8-9,22H,3,6-7,10-16H2,1H3,(H,20,21);1H. The first-order chi connectivity index (χ1) is 12.5. The highest BCUT2D eigenvalue weighted by Gasteiger charge is 2.39. The number of likely N-dealkylation sites (tertiary alicyclic amines) is 1. The Kier molecular flexibility index (Phi) is 8.36. The van der Waals surface area contributed by atoms with Crippen molar-refractivity contribution in [2.24, 2.45) is 10.4 Å². The largest absolute Gasteiger partial charge is 0.355 e. The van der Waals surface area contributed by atoms with Crippen LogP contribution in [-0.4, -0.2) is 52.5 Å². The molecule has 0 unspecified atom stereocenters. The topological polar surface area (TPSA) is 73.8 Å². The number of hydrogen-bond acceptors (Lipinski definition) is 3. The first-order valence-corrected chi connectivity index (χ1v) is 11.0. The van der Waals surface area contributed by atoms with Crippen molar-refractivity contribution in [3.05, 3.63) is 30.3 Å². The zero-order valence-electron chi connectivity index (χ0n) is 16.0. The fraction of sp³-hybridized carbons (Fsp3) is 0.632. The van der Waals surface area contributed by atoms with Gasteiger partial charge in [-0.05, 0) is 36.8 Å². The number of nitrogens with one attached hydrogen (secondary N) is 2. The number of benzene rings is 1. The Balaban J connectivity index is 0.00000261. The normalized spacial score (nSPS) is 19.7. The van der Waals surface area contributed by atoms with Gasteiger partial charge in [-0.15, -0.1) is 24.0 Å². The molecule has 1 saturated carbocycles. The van der Waals surface area contributed by atoms with Gasteiger partial charge in [0.2, 0.25) is 10.0 Å². The third-order valence-electron chi connectivity index (χ3n) is 5.62. The molecule has 152 valence electrons. The van der Waals surface area contributed by atoms with Crippen LogP contribution < -0.4 is 10.0 Å². The monoisotopic (exact) mass is 506 g/mol. The van der Waals surface area contributed by atoms with E-state index in [9.17, 15) is 8.42 Å². The van der Waals surface area contributed by atoms with Crippen molar-refractivity contribution < 1.29 is 8.42 Å². The number of rotatable bonds is 5. The lowest BCUT2D eigenvalue weighted by Gasteiger charge is -2.33. The maximum absolute atomic E-state index is 12.2. The van der Waals surface area contributed by atoms with Gasteiger partial charge in [-0.3, -0.25) is 4.99 Å². The molecule has 6 nitrogen and oxygen atoms in total. The average molecular weight is 506 g/mol. The summed E-state index contributed by atoms with van der Waals surface area (Å²) < 4.78 is 27.1. The van der Waals surface area contributed by atoms with E-state index in [4.69, 9.17) is 0 Å². The molecule has 27 heavy (non-hydrogen) atoms. The molecule has 2 aliphatic rings. The summed E-state index contributed by atoms with van der Waals surface area (Å²) >= 11 is 0. The van der Waals surface area contributed by atoms with E-state index in [1.54, 1.807) is 37.4 Å². The van der Waals surface area contributed by atoms with Crippen molar-refractivity contribution in [2.45, 2.75) is 43.4 Å². The summed E-state index contributed by atoms with van der Waals surface area (Å²) in [6.07, 6.45) is 7.97. The molecule has 0 aromatic heterocycles. The van der Waals surface area contributed by atoms with Crippen LogP contribution >= 0.6 is 24.0 Å². The van der Waals surface area contributed by atoms with Gasteiger partial charge in [-0.2, -0.15) is 0 Å². The van der Waals surface area contributed by atoms with Gasteiger partial charge in [0.15, 0.2) is 5.96 Å². The minimum Gasteiger partial charge on any atom is -0.355 e. The van der Waals surface area contributed by atoms with Crippen molar-refractivity contribution in [1.29, 1.82) is 0 Å². The lowest BCUT2D eigenvalue weighted by molar-refractivity contribution is 0.203. The summed E-state index contributed by atoms with van der Waals surface area (Å²) in [6, 6.07) is 8.46. The first-order valence-electron chi connectivity index (χ1n) is 9.55. The minimum absolute atomic E-state index is 0. The third kappa shape index (κ3) is 5.80. The highest BCUT2D eigenvalue weighted by atomic mass is 127. The molecule has 1 heterocycles. The first kappa shape index (κ1) is 22.4. The van der Waals surface area contributed by atoms with Gasteiger partial charge in [0.05, 0.1) is 4.90 Å². The van der Waals surface area contributed by atoms with Crippen LogP contribution in [0.2, 0.25) is 0 Å². The summed E-state index contributed by atoms with van der Waals surface area (Å²) in [5.41, 5.74) is 0.477. The average Bonchev–Trinajstić information content (AvgIpc) is 3.06. The summed E-state index contributed by atoms with van der Waals surface area (Å²) in [7, 11) is -1.66. The van der Waals surface area contributed by atoms with Crippen molar-refractivity contribution in [1.82, 2.24) is 14.9 Å². The maximum Gasteiger partial charge on any atom is 0.240 e. The fourth-order valence-corrected chi connectivity index (χ4v) is 5.25. The van der Waals surface area contributed by atoms with Crippen molar-refractivity contribution >= 4 is 40.0 Å². The van der Waals surface area contributed by atoms with Crippen molar-refractivity contribution in [3.8, 4) is 0 Å². The lowest BCUT2D eigenvalue weighted by atomic mass is 9.73. The van der Waals surface area contributed by atoms with Gasteiger partial charge in [0, 0.05) is 33.2 Å². The second-order valence-corrected chi connectivity index (χ2v) is 9.18. The van der Waals surface area contributed by atoms with Crippen LogP contribution in [0.3, 0.4) is 0 Å². The third-order valence-corrected chi connectivity index (χ3v) is 7.09. The molecule has 1 aliphatic heterocycles. The van der Waals surface area contributed by atoms with Crippen molar-refractivity contribution in [3.63, 3.8) is 0 Å². The molecule has 1 aromatic rings. The van der Waals surface area contributed by atoms with E-state index in [1.165, 1.54) is 38.5 Å². The molecule has 0 bridgehead atoms. The molecule has 0 radical (unpaired) electrons.